The van der Waals surface area contributed by atoms with Crippen molar-refractivity contribution >= 4 is 35.0 Å². The van der Waals surface area contributed by atoms with Gasteiger partial charge in [-0.15, -0.1) is 0 Å². The van der Waals surface area contributed by atoms with Gasteiger partial charge in [0.25, 0.3) is 0 Å². The highest BCUT2D eigenvalue weighted by Crippen LogP contribution is 2.20. The van der Waals surface area contributed by atoms with Crippen molar-refractivity contribution in [2.45, 2.75) is 30.6 Å². The largest absolute Gasteiger partial charge is 0.387 e. The van der Waals surface area contributed by atoms with Gasteiger partial charge in [-0.1, -0.05) is 12.1 Å². The number of primary amides is 1. The highest BCUT2D eigenvalue weighted by Gasteiger charge is 2.46. The van der Waals surface area contributed by atoms with Gasteiger partial charge >= 0.3 is 5.24 Å². The number of nitrogens with two attached hydrogens (primary N) is 1. The van der Waals surface area contributed by atoms with Gasteiger partial charge in [0.05, 0.1) is 18.2 Å². The molecule has 1 heterocycles. The number of benzene rings is 1. The van der Waals surface area contributed by atoms with Gasteiger partial charge in [-0.05, 0) is 17.7 Å². The third-order valence-electron chi connectivity index (χ3n) is 3.97. The van der Waals surface area contributed by atoms with Crippen molar-refractivity contribution in [1.82, 2.24) is 10.1 Å². The first-order valence-electron chi connectivity index (χ1n) is 8.22. The number of nitrogens with zero attached hydrogens (tertiary/aromatic N) is 2. The van der Waals surface area contributed by atoms with Gasteiger partial charge in [-0.3, -0.25) is 9.59 Å². The number of aliphatic hydroxyl groups excluding tert-OH is 3. The Kier molecular flexibility index (Phi) is 7.60. The minimum Gasteiger partial charge on any atom is -0.387 e. The number of hydrogen-bond acceptors (Lipinski definition) is 10. The second-order valence-electron chi connectivity index (χ2n) is 6.22. The molecule has 5 atom stereocenters. The lowest BCUT2D eigenvalue weighted by Crippen LogP contribution is -2.64. The van der Waals surface area contributed by atoms with Gasteiger partial charge in [0.1, 0.15) is 18.3 Å². The number of rotatable bonds is 6. The summed E-state index contributed by atoms with van der Waals surface area (Å²) in [4.78, 5) is 27.6. The first-order chi connectivity index (χ1) is 13.2. The molecule has 12 heteroatoms. The van der Waals surface area contributed by atoms with Gasteiger partial charge in [0, 0.05) is 19.8 Å². The molecule has 28 heavy (non-hydrogen) atoms. The number of carbonyl (C=O) groups excluding carboxylic acids is 2. The van der Waals surface area contributed by atoms with E-state index in [-0.39, 0.29) is 0 Å². The van der Waals surface area contributed by atoms with Gasteiger partial charge in [0.15, 0.2) is 12.3 Å². The molecule has 1 aromatic rings. The zero-order chi connectivity index (χ0) is 20.8. The average molecular weight is 413 g/mol. The van der Waals surface area contributed by atoms with Crippen LogP contribution in [0.4, 0.5) is 10.5 Å². The topological polar surface area (TPSA) is 170 Å². The number of nitrogens with one attached hydrogen (secondary N) is 2. The number of amides is 2. The average Bonchev–Trinajstić information content (AvgIpc) is 2.65. The van der Waals surface area contributed by atoms with E-state index in [0.29, 0.717) is 11.9 Å². The summed E-state index contributed by atoms with van der Waals surface area (Å²) in [5.74, 6) is -1.03. The van der Waals surface area contributed by atoms with Crippen LogP contribution in [0.5, 0.6) is 0 Å². The van der Waals surface area contributed by atoms with E-state index in [1.165, 1.54) is 6.21 Å². The summed E-state index contributed by atoms with van der Waals surface area (Å²) in [6.45, 7) is 0. The van der Waals surface area contributed by atoms with Crippen LogP contribution in [-0.4, -0.2) is 77.4 Å². The predicted octanol–water partition coefficient (Wildman–Crippen LogP) is -1.67. The molecule has 2 rings (SSSR count). The van der Waals surface area contributed by atoms with Crippen LogP contribution >= 0.6 is 11.9 Å². The summed E-state index contributed by atoms with van der Waals surface area (Å²) < 4.78 is 5.07. The molecule has 0 aromatic heterocycles. The Morgan fingerprint density at radius 2 is 1.82 bits per heavy atom. The monoisotopic (exact) mass is 413 g/mol. The van der Waals surface area contributed by atoms with E-state index in [4.69, 9.17) is 10.5 Å². The second kappa shape index (κ2) is 9.71. The van der Waals surface area contributed by atoms with Crippen LogP contribution in [0.3, 0.4) is 0 Å². The fourth-order valence-electron chi connectivity index (χ4n) is 2.41. The van der Waals surface area contributed by atoms with Crippen molar-refractivity contribution in [1.29, 1.82) is 0 Å². The molecule has 0 unspecified atom stereocenters. The SMILES string of the molecule is CN(C)c1ccc(/C=N/NSC(=O)N[C@@H]2O[C@H](C(N)=O)[C@@H](O)[C@H](O)[C@H]2O)cc1. The lowest BCUT2D eigenvalue weighted by molar-refractivity contribution is -0.222. The molecular weight excluding hydrogens is 390 g/mol. The van der Waals surface area contributed by atoms with Crippen LogP contribution in [0.15, 0.2) is 29.4 Å². The molecular formula is C16H23N5O6S. The summed E-state index contributed by atoms with van der Waals surface area (Å²) in [6.07, 6.45) is -6.54. The highest BCUT2D eigenvalue weighted by atomic mass is 32.2. The van der Waals surface area contributed by atoms with Crippen molar-refractivity contribution in [2.24, 2.45) is 10.8 Å². The van der Waals surface area contributed by atoms with E-state index >= 15 is 0 Å². The molecule has 11 nitrogen and oxygen atoms in total. The number of anilines is 1. The number of hydrazone groups is 1. The zero-order valence-electron chi connectivity index (χ0n) is 15.2. The van der Waals surface area contributed by atoms with E-state index in [1.807, 2.05) is 43.3 Å². The van der Waals surface area contributed by atoms with Crippen LogP contribution in [-0.2, 0) is 9.53 Å². The molecule has 0 bridgehead atoms. The Morgan fingerprint density at radius 1 is 1.18 bits per heavy atom. The van der Waals surface area contributed by atoms with Gasteiger partial charge in [-0.2, -0.15) is 5.10 Å². The van der Waals surface area contributed by atoms with E-state index in [1.54, 1.807) is 0 Å². The van der Waals surface area contributed by atoms with E-state index in [0.717, 1.165) is 11.3 Å². The maximum atomic E-state index is 11.9. The smallest absolute Gasteiger partial charge is 0.303 e. The fourth-order valence-corrected chi connectivity index (χ4v) is 2.77. The van der Waals surface area contributed by atoms with Crippen molar-refractivity contribution in [3.8, 4) is 0 Å². The van der Waals surface area contributed by atoms with Crippen LogP contribution in [0, 0.1) is 0 Å². The van der Waals surface area contributed by atoms with Crippen molar-refractivity contribution in [3.05, 3.63) is 29.8 Å². The predicted molar refractivity (Wildman–Crippen MR) is 103 cm³/mol. The fraction of sp³-hybridized carbons (Fsp3) is 0.438. The second-order valence-corrected chi connectivity index (χ2v) is 6.98. The molecule has 0 radical (unpaired) electrons. The lowest BCUT2D eigenvalue weighted by atomic mass is 9.98. The summed E-state index contributed by atoms with van der Waals surface area (Å²) in [5.41, 5.74) is 6.91. The number of aliphatic hydroxyl groups is 3. The standard InChI is InChI=1S/C16H23N5O6S/c1-21(2)9-5-3-8(4-6-9)7-18-20-28-16(26)19-15-12(24)10(22)11(23)13(27-15)14(17)25/h3-7,10-13,15,20,22-24H,1-2H3,(H2,17,25)(H,19,26)/b18-7+/t10-,11-,12+,13-,15+/m0/s1. The first-order valence-corrected chi connectivity index (χ1v) is 9.04. The lowest BCUT2D eigenvalue weighted by Gasteiger charge is -2.39. The summed E-state index contributed by atoms with van der Waals surface area (Å²) >= 11 is 0.553. The molecule has 0 spiro atoms. The summed E-state index contributed by atoms with van der Waals surface area (Å²) in [7, 11) is 3.86. The first kappa shape index (κ1) is 21.9. The Bertz CT molecular complexity index is 716. The van der Waals surface area contributed by atoms with E-state index in [2.05, 4.69) is 15.2 Å². The molecule has 1 aliphatic rings. The summed E-state index contributed by atoms with van der Waals surface area (Å²) in [5, 5.41) is 34.7. The Balaban J connectivity index is 1.83. The van der Waals surface area contributed by atoms with Crippen LogP contribution in [0.1, 0.15) is 5.56 Å². The highest BCUT2D eigenvalue weighted by molar-refractivity contribution is 8.11. The Labute approximate surface area is 165 Å². The number of ether oxygens (including phenoxy) is 1. The summed E-state index contributed by atoms with van der Waals surface area (Å²) in [6, 6.07) is 7.54. The van der Waals surface area contributed by atoms with Gasteiger partial charge in [0.2, 0.25) is 5.91 Å². The van der Waals surface area contributed by atoms with E-state index < -0.39 is 41.8 Å². The van der Waals surface area contributed by atoms with Gasteiger partial charge < -0.3 is 36.0 Å². The number of hydrogen-bond donors (Lipinski definition) is 6. The van der Waals surface area contributed by atoms with Crippen LogP contribution in [0.25, 0.3) is 0 Å². The Hall–Kier alpha value is -2.38. The molecule has 0 saturated carbocycles. The minimum atomic E-state index is -1.71. The van der Waals surface area contributed by atoms with Crippen LogP contribution < -0.4 is 20.8 Å². The molecule has 1 fully saturated rings. The third-order valence-corrected chi connectivity index (χ3v) is 4.47. The molecule has 154 valence electrons. The third kappa shape index (κ3) is 5.56. The maximum Gasteiger partial charge on any atom is 0.303 e. The zero-order valence-corrected chi connectivity index (χ0v) is 16.0. The molecule has 1 aliphatic heterocycles. The molecule has 1 aromatic carbocycles. The molecule has 0 aliphatic carbocycles. The normalized spacial score (nSPS) is 27.4. The maximum absolute atomic E-state index is 11.9. The molecule has 1 saturated heterocycles. The van der Waals surface area contributed by atoms with Crippen LogP contribution in [0.2, 0.25) is 0 Å². The quantitative estimate of drug-likeness (QED) is 0.181. The Morgan fingerprint density at radius 3 is 2.39 bits per heavy atom. The minimum absolute atomic E-state index is 0.553. The van der Waals surface area contributed by atoms with Crippen molar-refractivity contribution in [2.75, 3.05) is 19.0 Å². The molecule has 2 amide bonds. The molecule has 7 N–H and O–H groups in total. The van der Waals surface area contributed by atoms with Crippen molar-refractivity contribution in [3.63, 3.8) is 0 Å². The number of carbonyl (C=O) groups is 2. The van der Waals surface area contributed by atoms with Crippen molar-refractivity contribution < 1.29 is 29.6 Å². The van der Waals surface area contributed by atoms with Gasteiger partial charge in [-0.25, -0.2) is 4.83 Å². The van der Waals surface area contributed by atoms with E-state index in [9.17, 15) is 24.9 Å².